The van der Waals surface area contributed by atoms with Crippen LogP contribution in [0.5, 0.6) is 5.75 Å². The third kappa shape index (κ3) is 3.80. The summed E-state index contributed by atoms with van der Waals surface area (Å²) < 4.78 is 48.1. The van der Waals surface area contributed by atoms with Crippen LogP contribution in [0.25, 0.3) is 0 Å². The second-order valence-corrected chi connectivity index (χ2v) is 8.48. The molecule has 1 N–H and O–H groups in total. The molecule has 0 bridgehead atoms. The van der Waals surface area contributed by atoms with Crippen molar-refractivity contribution in [1.29, 1.82) is 0 Å². The highest BCUT2D eigenvalue weighted by molar-refractivity contribution is 7.90. The van der Waals surface area contributed by atoms with E-state index < -0.39 is 21.8 Å². The van der Waals surface area contributed by atoms with Crippen molar-refractivity contribution in [2.24, 2.45) is 0 Å². The maximum Gasteiger partial charge on any atom is 0.302 e. The van der Waals surface area contributed by atoms with Gasteiger partial charge in [0.05, 0.1) is 37.1 Å². The van der Waals surface area contributed by atoms with Crippen LogP contribution in [0.1, 0.15) is 39.8 Å². The minimum absolute atomic E-state index is 0.0535. The SMILES string of the molecule is CC#Cc1nc2c(s1)CN(S(=O)(=O)Nc1cc(F)c(C(C)=O)cc1OC)C2. The maximum atomic E-state index is 14.1. The van der Waals surface area contributed by atoms with Gasteiger partial charge in [-0.1, -0.05) is 5.92 Å². The number of benzene rings is 1. The van der Waals surface area contributed by atoms with Gasteiger partial charge in [-0.3, -0.25) is 9.52 Å². The zero-order valence-corrected chi connectivity index (χ0v) is 16.4. The second-order valence-electron chi connectivity index (χ2n) is 5.73. The lowest BCUT2D eigenvalue weighted by Crippen LogP contribution is -2.32. The van der Waals surface area contributed by atoms with Crippen molar-refractivity contribution in [2.75, 3.05) is 11.8 Å². The lowest BCUT2D eigenvalue weighted by atomic mass is 10.1. The first-order chi connectivity index (χ1) is 12.7. The van der Waals surface area contributed by atoms with Crippen LogP contribution in [0.3, 0.4) is 0 Å². The first-order valence-electron chi connectivity index (χ1n) is 7.83. The Bertz CT molecular complexity index is 1060. The molecule has 1 aliphatic rings. The van der Waals surface area contributed by atoms with Crippen molar-refractivity contribution in [3.8, 4) is 17.6 Å². The summed E-state index contributed by atoms with van der Waals surface area (Å²) in [6.45, 7) is 3.18. The van der Waals surface area contributed by atoms with Gasteiger partial charge in [0.2, 0.25) is 0 Å². The number of hydrogen-bond donors (Lipinski definition) is 1. The van der Waals surface area contributed by atoms with E-state index in [1.165, 1.54) is 35.7 Å². The van der Waals surface area contributed by atoms with Crippen LogP contribution in [0.15, 0.2) is 12.1 Å². The highest BCUT2D eigenvalue weighted by Crippen LogP contribution is 2.33. The molecule has 0 amide bonds. The van der Waals surface area contributed by atoms with Crippen molar-refractivity contribution in [1.82, 2.24) is 9.29 Å². The summed E-state index contributed by atoms with van der Waals surface area (Å²) in [4.78, 5) is 16.6. The monoisotopic (exact) mass is 409 g/mol. The van der Waals surface area contributed by atoms with Crippen LogP contribution in [0, 0.1) is 17.7 Å². The van der Waals surface area contributed by atoms with Gasteiger partial charge in [0, 0.05) is 10.9 Å². The number of fused-ring (bicyclic) bond motifs is 1. The van der Waals surface area contributed by atoms with Crippen LogP contribution in [0.2, 0.25) is 0 Å². The molecule has 0 saturated heterocycles. The Hall–Kier alpha value is -2.48. The molecule has 1 aromatic carbocycles. The predicted octanol–water partition coefficient (Wildman–Crippen LogP) is 2.54. The zero-order valence-electron chi connectivity index (χ0n) is 14.8. The van der Waals surface area contributed by atoms with E-state index in [1.807, 2.05) is 0 Å². The molecule has 3 rings (SSSR count). The van der Waals surface area contributed by atoms with Crippen LogP contribution < -0.4 is 9.46 Å². The number of aromatic nitrogens is 1. The number of nitrogens with one attached hydrogen (secondary N) is 1. The lowest BCUT2D eigenvalue weighted by molar-refractivity contribution is 0.101. The Morgan fingerprint density at radius 3 is 2.74 bits per heavy atom. The number of halogens is 1. The number of rotatable bonds is 5. The van der Waals surface area contributed by atoms with Crippen LogP contribution in [0.4, 0.5) is 10.1 Å². The molecule has 1 aromatic heterocycles. The average molecular weight is 409 g/mol. The maximum absolute atomic E-state index is 14.1. The lowest BCUT2D eigenvalue weighted by Gasteiger charge is -2.19. The topological polar surface area (TPSA) is 88.6 Å². The van der Waals surface area contributed by atoms with E-state index >= 15 is 0 Å². The number of ether oxygens (including phenoxy) is 1. The molecule has 0 saturated carbocycles. The van der Waals surface area contributed by atoms with Gasteiger partial charge in [0.1, 0.15) is 11.6 Å². The summed E-state index contributed by atoms with van der Waals surface area (Å²) in [7, 11) is -2.67. The van der Waals surface area contributed by atoms with Crippen molar-refractivity contribution in [3.05, 3.63) is 39.1 Å². The minimum Gasteiger partial charge on any atom is -0.495 e. The first kappa shape index (κ1) is 19.3. The number of carbonyl (C=O) groups excluding carboxylic acids is 1. The summed E-state index contributed by atoms with van der Waals surface area (Å²) in [6.07, 6.45) is 0. The standard InChI is InChI=1S/C17H16FN3O4S2/c1-4-5-17-19-14-8-21(9-16(14)26-17)27(23,24)20-13-7-12(18)11(10(2)22)6-15(13)25-3/h6-7,20H,8-9H2,1-3H3. The molecule has 0 unspecified atom stereocenters. The molecule has 0 aliphatic carbocycles. The van der Waals surface area contributed by atoms with E-state index in [1.54, 1.807) is 6.92 Å². The molecule has 10 heteroatoms. The van der Waals surface area contributed by atoms with Gasteiger partial charge < -0.3 is 4.74 Å². The normalized spacial score (nSPS) is 13.6. The number of anilines is 1. The van der Waals surface area contributed by atoms with E-state index in [0.29, 0.717) is 10.7 Å². The number of ketones is 1. The fourth-order valence-corrected chi connectivity index (χ4v) is 4.85. The Morgan fingerprint density at radius 2 is 2.15 bits per heavy atom. The van der Waals surface area contributed by atoms with E-state index in [-0.39, 0.29) is 30.1 Å². The molecule has 1 aliphatic heterocycles. The van der Waals surface area contributed by atoms with Gasteiger partial charge in [-0.15, -0.1) is 11.3 Å². The van der Waals surface area contributed by atoms with Gasteiger partial charge in [0.15, 0.2) is 10.8 Å². The fourth-order valence-electron chi connectivity index (χ4n) is 2.62. The second kappa shape index (κ2) is 7.26. The third-order valence-corrected chi connectivity index (χ3v) is 6.32. The Kier molecular flexibility index (Phi) is 5.19. The largest absolute Gasteiger partial charge is 0.495 e. The molecule has 27 heavy (non-hydrogen) atoms. The molecule has 0 atom stereocenters. The van der Waals surface area contributed by atoms with Crippen molar-refractivity contribution < 1.29 is 22.3 Å². The molecular weight excluding hydrogens is 393 g/mol. The average Bonchev–Trinajstić information content (AvgIpc) is 3.13. The van der Waals surface area contributed by atoms with Gasteiger partial charge in [-0.2, -0.15) is 12.7 Å². The number of nitrogens with zero attached hydrogens (tertiary/aromatic N) is 2. The first-order valence-corrected chi connectivity index (χ1v) is 10.1. The number of Topliss-reactive ketones (excluding diaryl/α,β-unsaturated/α-hetero) is 1. The van der Waals surface area contributed by atoms with Crippen molar-refractivity contribution in [3.63, 3.8) is 0 Å². The Labute approximate surface area is 160 Å². The van der Waals surface area contributed by atoms with Crippen LogP contribution >= 0.6 is 11.3 Å². The molecule has 2 heterocycles. The summed E-state index contributed by atoms with van der Waals surface area (Å²) in [6, 6.07) is 2.11. The van der Waals surface area contributed by atoms with Crippen LogP contribution in [-0.2, 0) is 23.3 Å². The molecule has 142 valence electrons. The summed E-state index contributed by atoms with van der Waals surface area (Å²) in [5.41, 5.74) is 0.404. The van der Waals surface area contributed by atoms with E-state index in [2.05, 4.69) is 21.5 Å². The number of carbonyl (C=O) groups is 1. The van der Waals surface area contributed by atoms with Crippen molar-refractivity contribution >= 4 is 33.0 Å². The van der Waals surface area contributed by atoms with E-state index in [0.717, 1.165) is 10.9 Å². The summed E-state index contributed by atoms with van der Waals surface area (Å²) >= 11 is 1.35. The minimum atomic E-state index is -3.98. The number of thiazole rings is 1. The van der Waals surface area contributed by atoms with Crippen LogP contribution in [-0.4, -0.2) is 30.6 Å². The number of hydrogen-bond acceptors (Lipinski definition) is 6. The Balaban J connectivity index is 1.85. The predicted molar refractivity (Wildman–Crippen MR) is 99.4 cm³/mol. The fraction of sp³-hybridized carbons (Fsp3) is 0.294. The molecule has 2 aromatic rings. The van der Waals surface area contributed by atoms with Gasteiger partial charge >= 0.3 is 10.2 Å². The molecule has 0 spiro atoms. The summed E-state index contributed by atoms with van der Waals surface area (Å²) in [5, 5.41) is 0.649. The highest BCUT2D eigenvalue weighted by atomic mass is 32.2. The highest BCUT2D eigenvalue weighted by Gasteiger charge is 2.33. The summed E-state index contributed by atoms with van der Waals surface area (Å²) in [5.74, 6) is 4.35. The molecule has 0 radical (unpaired) electrons. The van der Waals surface area contributed by atoms with E-state index in [9.17, 15) is 17.6 Å². The van der Waals surface area contributed by atoms with Crippen molar-refractivity contribution in [2.45, 2.75) is 26.9 Å². The van der Waals surface area contributed by atoms with Gasteiger partial charge in [0.25, 0.3) is 0 Å². The molecule has 7 nitrogen and oxygen atoms in total. The van der Waals surface area contributed by atoms with Gasteiger partial charge in [-0.05, 0) is 25.8 Å². The quantitative estimate of drug-likeness (QED) is 0.606. The Morgan fingerprint density at radius 1 is 1.41 bits per heavy atom. The smallest absolute Gasteiger partial charge is 0.302 e. The van der Waals surface area contributed by atoms with Gasteiger partial charge in [-0.25, -0.2) is 9.37 Å². The molecular formula is C17H16FN3O4S2. The zero-order chi connectivity index (χ0) is 19.8. The third-order valence-electron chi connectivity index (χ3n) is 3.90. The number of methoxy groups -OCH3 is 1. The molecule has 0 fully saturated rings. The van der Waals surface area contributed by atoms with E-state index in [4.69, 9.17) is 4.74 Å².